The Balaban J connectivity index is 1.38. The number of piperidine rings is 1. The SMILES string of the molecule is CCOP(=O)(OCC)C(O)C(CC1CC2(CCN(C(C)=O)CC2)NC1=O)NC(=O)[C@H](CC1CCCCC1)NC(=O)c1cc2ccccc2[nH]1. The quantitative estimate of drug-likeness (QED) is 0.182. The highest BCUT2D eigenvalue weighted by atomic mass is 31.2. The Kier molecular flexibility index (Phi) is 12.2. The van der Waals surface area contributed by atoms with E-state index in [1.165, 1.54) is 6.92 Å². The van der Waals surface area contributed by atoms with Gasteiger partial charge in [0.05, 0.1) is 19.3 Å². The first kappa shape index (κ1) is 37.0. The van der Waals surface area contributed by atoms with Gasteiger partial charge in [-0.1, -0.05) is 50.3 Å². The van der Waals surface area contributed by atoms with Crippen molar-refractivity contribution in [3.8, 4) is 0 Å². The van der Waals surface area contributed by atoms with Gasteiger partial charge in [-0.2, -0.15) is 0 Å². The number of carbonyl (C=O) groups is 4. The van der Waals surface area contributed by atoms with Gasteiger partial charge in [-0.05, 0) is 64.0 Å². The van der Waals surface area contributed by atoms with Gasteiger partial charge in [0.25, 0.3) is 5.91 Å². The van der Waals surface area contributed by atoms with Gasteiger partial charge < -0.3 is 40.0 Å². The van der Waals surface area contributed by atoms with Crippen molar-refractivity contribution in [3.05, 3.63) is 36.0 Å². The van der Waals surface area contributed by atoms with Crippen LogP contribution >= 0.6 is 7.60 Å². The van der Waals surface area contributed by atoms with E-state index in [2.05, 4.69) is 20.9 Å². The minimum Gasteiger partial charge on any atom is -0.379 e. The van der Waals surface area contributed by atoms with Crippen LogP contribution in [0.4, 0.5) is 0 Å². The summed E-state index contributed by atoms with van der Waals surface area (Å²) in [5, 5.41) is 21.5. The van der Waals surface area contributed by atoms with E-state index >= 15 is 0 Å². The Labute approximate surface area is 288 Å². The first-order valence-corrected chi connectivity index (χ1v) is 19.4. The number of nitrogens with one attached hydrogen (secondary N) is 4. The average molecular weight is 702 g/mol. The molecule has 1 saturated carbocycles. The molecule has 5 N–H and O–H groups in total. The van der Waals surface area contributed by atoms with Crippen LogP contribution in [0.2, 0.25) is 0 Å². The second kappa shape index (κ2) is 16.2. The number of amides is 4. The van der Waals surface area contributed by atoms with E-state index in [1.807, 2.05) is 24.3 Å². The Hall–Kier alpha value is -3.25. The fourth-order valence-electron chi connectivity index (χ4n) is 7.78. The molecule has 4 amide bonds. The Morgan fingerprint density at radius 3 is 2.35 bits per heavy atom. The maximum Gasteiger partial charge on any atom is 0.360 e. The number of hydrogen-bond donors (Lipinski definition) is 5. The molecule has 2 aromatic rings. The van der Waals surface area contributed by atoms with Crippen molar-refractivity contribution in [1.29, 1.82) is 0 Å². The molecular weight excluding hydrogens is 649 g/mol. The molecule has 1 aromatic heterocycles. The highest BCUT2D eigenvalue weighted by Crippen LogP contribution is 2.54. The third-order valence-electron chi connectivity index (χ3n) is 10.4. The maximum atomic E-state index is 14.2. The maximum absolute atomic E-state index is 14.2. The zero-order valence-corrected chi connectivity index (χ0v) is 29.8. The molecule has 13 nitrogen and oxygen atoms in total. The molecule has 3 unspecified atom stereocenters. The Morgan fingerprint density at radius 1 is 1.04 bits per heavy atom. The van der Waals surface area contributed by atoms with Gasteiger partial charge in [0.2, 0.25) is 17.7 Å². The van der Waals surface area contributed by atoms with Crippen LogP contribution in [0.5, 0.6) is 0 Å². The Morgan fingerprint density at radius 2 is 1.71 bits per heavy atom. The molecule has 0 radical (unpaired) electrons. The van der Waals surface area contributed by atoms with Gasteiger partial charge in [0.15, 0.2) is 5.85 Å². The monoisotopic (exact) mass is 701 g/mol. The molecule has 3 fully saturated rings. The van der Waals surface area contributed by atoms with Crippen LogP contribution < -0.4 is 16.0 Å². The summed E-state index contributed by atoms with van der Waals surface area (Å²) in [4.78, 5) is 58.0. The van der Waals surface area contributed by atoms with Crippen LogP contribution in [-0.2, 0) is 28.0 Å². The smallest absolute Gasteiger partial charge is 0.360 e. The molecule has 3 aliphatic rings. The van der Waals surface area contributed by atoms with Crippen molar-refractivity contribution in [3.63, 3.8) is 0 Å². The van der Waals surface area contributed by atoms with Crippen LogP contribution in [0.1, 0.15) is 95.5 Å². The second-order valence-electron chi connectivity index (χ2n) is 13.9. The number of benzene rings is 1. The number of carbonyl (C=O) groups excluding carboxylic acids is 4. The van der Waals surface area contributed by atoms with E-state index in [-0.39, 0.29) is 37.4 Å². The summed E-state index contributed by atoms with van der Waals surface area (Å²) in [6, 6.07) is 7.13. The van der Waals surface area contributed by atoms with Gasteiger partial charge in [0.1, 0.15) is 11.7 Å². The summed E-state index contributed by atoms with van der Waals surface area (Å²) in [6.45, 7) is 5.84. The van der Waals surface area contributed by atoms with Crippen LogP contribution in [0, 0.1) is 11.8 Å². The summed E-state index contributed by atoms with van der Waals surface area (Å²) in [5.41, 5.74) is 0.611. The number of nitrogens with zero attached hydrogens (tertiary/aromatic N) is 1. The number of aromatic amines is 1. The van der Waals surface area contributed by atoms with Crippen molar-refractivity contribution in [1.82, 2.24) is 25.8 Å². The standard InChI is InChI=1S/C35H52N5O8P/c1-4-47-49(46,48-5-2)34(45)30(21-26-22-35(39-31(26)42)15-17-40(18-16-35)23(3)41)38-32(43)28(19-24-11-7-6-8-12-24)37-33(44)29-20-25-13-9-10-14-27(25)36-29/h9-10,13-14,20,24,26,28,30,34,36,45H,4-8,11-12,15-19,21-22H2,1-3H3,(H,37,44)(H,38,43)(H,39,42)/t26?,28-,30?,34?/m0/s1. The summed E-state index contributed by atoms with van der Waals surface area (Å²) < 4.78 is 24.8. The minimum absolute atomic E-state index is 0.000455. The molecule has 2 saturated heterocycles. The third kappa shape index (κ3) is 8.92. The molecule has 3 heterocycles. The molecule has 270 valence electrons. The van der Waals surface area contributed by atoms with Crippen molar-refractivity contribution in [2.24, 2.45) is 11.8 Å². The molecule has 4 atom stereocenters. The summed E-state index contributed by atoms with van der Waals surface area (Å²) in [6.07, 6.45) is 7.10. The normalized spacial score (nSPS) is 21.7. The molecule has 0 bridgehead atoms. The number of hydrogen-bond acceptors (Lipinski definition) is 8. The lowest BCUT2D eigenvalue weighted by molar-refractivity contribution is -0.130. The fourth-order valence-corrected chi connectivity index (χ4v) is 9.52. The number of para-hydroxylation sites is 1. The average Bonchev–Trinajstić information content (AvgIpc) is 3.65. The van der Waals surface area contributed by atoms with E-state index in [0.29, 0.717) is 44.5 Å². The van der Waals surface area contributed by atoms with Gasteiger partial charge in [-0.15, -0.1) is 0 Å². The molecule has 14 heteroatoms. The van der Waals surface area contributed by atoms with Gasteiger partial charge in [-0.25, -0.2) is 0 Å². The van der Waals surface area contributed by atoms with Gasteiger partial charge >= 0.3 is 7.60 Å². The molecule has 5 rings (SSSR count). The van der Waals surface area contributed by atoms with E-state index in [1.54, 1.807) is 24.8 Å². The first-order chi connectivity index (χ1) is 23.5. The van der Waals surface area contributed by atoms with Crippen LogP contribution in [0.3, 0.4) is 0 Å². The van der Waals surface area contributed by atoms with E-state index < -0.39 is 48.8 Å². The van der Waals surface area contributed by atoms with Crippen molar-refractivity contribution < 1.29 is 37.9 Å². The lowest BCUT2D eigenvalue weighted by atomic mass is 9.82. The molecular formula is C35H52N5O8P. The molecule has 1 spiro atoms. The highest BCUT2D eigenvalue weighted by Gasteiger charge is 2.49. The minimum atomic E-state index is -4.14. The van der Waals surface area contributed by atoms with Crippen molar-refractivity contribution >= 4 is 42.1 Å². The lowest BCUT2D eigenvalue weighted by Gasteiger charge is -2.39. The van der Waals surface area contributed by atoms with Crippen LogP contribution in [-0.4, -0.2) is 88.4 Å². The number of rotatable bonds is 14. The van der Waals surface area contributed by atoms with Gasteiger partial charge in [-0.3, -0.25) is 23.7 Å². The van der Waals surface area contributed by atoms with E-state index in [9.17, 15) is 28.8 Å². The fraction of sp³-hybridized carbons (Fsp3) is 0.657. The molecule has 1 aliphatic carbocycles. The van der Waals surface area contributed by atoms with E-state index in [4.69, 9.17) is 9.05 Å². The summed E-state index contributed by atoms with van der Waals surface area (Å²) in [7, 11) is -4.14. The summed E-state index contributed by atoms with van der Waals surface area (Å²) in [5.74, 6) is -3.37. The first-order valence-electron chi connectivity index (χ1n) is 17.8. The van der Waals surface area contributed by atoms with Crippen molar-refractivity contribution in [2.75, 3.05) is 26.3 Å². The third-order valence-corrected chi connectivity index (χ3v) is 12.7. The number of fused-ring (bicyclic) bond motifs is 1. The van der Waals surface area contributed by atoms with E-state index in [0.717, 1.165) is 43.0 Å². The van der Waals surface area contributed by atoms with Crippen molar-refractivity contribution in [2.45, 2.75) is 108 Å². The van der Waals surface area contributed by atoms with Gasteiger partial charge in [0, 0.05) is 42.4 Å². The predicted molar refractivity (Wildman–Crippen MR) is 185 cm³/mol. The zero-order chi connectivity index (χ0) is 35.2. The number of likely N-dealkylation sites (tertiary alicyclic amines) is 1. The lowest BCUT2D eigenvalue weighted by Crippen LogP contribution is -2.54. The Bertz CT molecular complexity index is 1490. The number of aliphatic hydroxyl groups is 1. The number of aromatic nitrogens is 1. The number of aliphatic hydroxyl groups excluding tert-OH is 1. The largest absolute Gasteiger partial charge is 0.379 e. The number of H-pyrrole nitrogens is 1. The summed E-state index contributed by atoms with van der Waals surface area (Å²) >= 11 is 0. The topological polar surface area (TPSA) is 179 Å². The predicted octanol–water partition coefficient (Wildman–Crippen LogP) is 4.21. The molecule has 2 aliphatic heterocycles. The highest BCUT2D eigenvalue weighted by molar-refractivity contribution is 7.54. The van der Waals surface area contributed by atoms with Crippen LogP contribution in [0.15, 0.2) is 30.3 Å². The molecule has 49 heavy (non-hydrogen) atoms. The van der Waals surface area contributed by atoms with Crippen LogP contribution in [0.25, 0.3) is 10.9 Å². The second-order valence-corrected chi connectivity index (χ2v) is 16.0. The zero-order valence-electron chi connectivity index (χ0n) is 28.9. The molecule has 1 aromatic carbocycles.